The van der Waals surface area contributed by atoms with Crippen molar-refractivity contribution >= 4 is 21.6 Å². The average Bonchev–Trinajstić information content (AvgIpc) is 2.92. The maximum Gasteiger partial charge on any atom is 0.243 e. The van der Waals surface area contributed by atoms with E-state index in [0.29, 0.717) is 44.7 Å². The molecule has 1 aromatic carbocycles. The van der Waals surface area contributed by atoms with E-state index in [1.807, 2.05) is 32.6 Å². The summed E-state index contributed by atoms with van der Waals surface area (Å²) in [6.07, 6.45) is 0.902. The molecule has 1 aromatic heterocycles. The zero-order valence-corrected chi connectivity index (χ0v) is 18.3. The standard InChI is InChI=1S/C20H29N5O3S/c1-15-19(16(2)24(4)22-15)8-9-20(26)21-17-6-5-7-18(14-17)29(27,28)25-12-10-23(3)11-13-25/h5-7,14H,8-13H2,1-4H3,(H,21,26). The molecule has 29 heavy (non-hydrogen) atoms. The fraction of sp³-hybridized carbons (Fsp3) is 0.500. The highest BCUT2D eigenvalue weighted by atomic mass is 32.2. The molecule has 3 rings (SSSR count). The number of rotatable bonds is 6. The fourth-order valence-corrected chi connectivity index (χ4v) is 5.02. The van der Waals surface area contributed by atoms with E-state index in [9.17, 15) is 13.2 Å². The quantitative estimate of drug-likeness (QED) is 0.768. The van der Waals surface area contributed by atoms with Gasteiger partial charge in [0.1, 0.15) is 0 Å². The van der Waals surface area contributed by atoms with Crippen molar-refractivity contribution in [2.24, 2.45) is 7.05 Å². The Morgan fingerprint density at radius 1 is 1.14 bits per heavy atom. The minimum atomic E-state index is -3.56. The van der Waals surface area contributed by atoms with Gasteiger partial charge in [0, 0.05) is 51.0 Å². The van der Waals surface area contributed by atoms with E-state index in [1.54, 1.807) is 18.2 Å². The Labute approximate surface area is 172 Å². The molecule has 0 bridgehead atoms. The molecule has 0 aliphatic carbocycles. The lowest BCUT2D eigenvalue weighted by molar-refractivity contribution is -0.116. The van der Waals surface area contributed by atoms with Gasteiger partial charge in [-0.05, 0) is 51.1 Å². The summed E-state index contributed by atoms with van der Waals surface area (Å²) in [6, 6.07) is 6.48. The molecule has 9 heteroatoms. The first kappa shape index (κ1) is 21.5. The molecule has 0 radical (unpaired) electrons. The van der Waals surface area contributed by atoms with Crippen molar-refractivity contribution < 1.29 is 13.2 Å². The number of hydrogen-bond donors (Lipinski definition) is 1. The van der Waals surface area contributed by atoms with E-state index in [0.717, 1.165) is 17.0 Å². The van der Waals surface area contributed by atoms with Gasteiger partial charge in [0.25, 0.3) is 0 Å². The van der Waals surface area contributed by atoms with Crippen LogP contribution in [0, 0.1) is 13.8 Å². The monoisotopic (exact) mass is 419 g/mol. The number of carbonyl (C=O) groups excluding carboxylic acids is 1. The van der Waals surface area contributed by atoms with Gasteiger partial charge in [0.05, 0.1) is 10.6 Å². The Kier molecular flexibility index (Phi) is 6.40. The molecule has 2 aromatic rings. The first-order valence-corrected chi connectivity index (χ1v) is 11.2. The van der Waals surface area contributed by atoms with Crippen LogP contribution in [-0.4, -0.2) is 66.5 Å². The molecule has 0 spiro atoms. The Balaban J connectivity index is 1.65. The molecule has 1 aliphatic rings. The highest BCUT2D eigenvalue weighted by Crippen LogP contribution is 2.21. The van der Waals surface area contributed by atoms with Crippen LogP contribution < -0.4 is 5.32 Å². The van der Waals surface area contributed by atoms with Gasteiger partial charge < -0.3 is 10.2 Å². The molecule has 0 atom stereocenters. The van der Waals surface area contributed by atoms with E-state index in [4.69, 9.17) is 0 Å². The highest BCUT2D eigenvalue weighted by molar-refractivity contribution is 7.89. The number of sulfonamides is 1. The maximum absolute atomic E-state index is 12.9. The lowest BCUT2D eigenvalue weighted by atomic mass is 10.1. The molecule has 0 unspecified atom stereocenters. The molecule has 1 saturated heterocycles. The lowest BCUT2D eigenvalue weighted by Gasteiger charge is -2.31. The van der Waals surface area contributed by atoms with Gasteiger partial charge in [-0.15, -0.1) is 0 Å². The summed E-state index contributed by atoms with van der Waals surface area (Å²) in [5, 5.41) is 7.19. The van der Waals surface area contributed by atoms with Crippen molar-refractivity contribution in [3.05, 3.63) is 41.2 Å². The SMILES string of the molecule is Cc1nn(C)c(C)c1CCC(=O)Nc1cccc(S(=O)(=O)N2CCN(C)CC2)c1. The van der Waals surface area contributed by atoms with Crippen LogP contribution in [0.5, 0.6) is 0 Å². The molecule has 1 N–H and O–H groups in total. The van der Waals surface area contributed by atoms with Gasteiger partial charge in [-0.3, -0.25) is 9.48 Å². The summed E-state index contributed by atoms with van der Waals surface area (Å²) in [5.74, 6) is -0.151. The topological polar surface area (TPSA) is 87.5 Å². The van der Waals surface area contributed by atoms with E-state index < -0.39 is 10.0 Å². The van der Waals surface area contributed by atoms with Crippen LogP contribution in [0.1, 0.15) is 23.4 Å². The molecule has 1 fully saturated rings. The average molecular weight is 420 g/mol. The van der Waals surface area contributed by atoms with E-state index >= 15 is 0 Å². The van der Waals surface area contributed by atoms with Crippen LogP contribution in [0.3, 0.4) is 0 Å². The Morgan fingerprint density at radius 2 is 1.83 bits per heavy atom. The van der Waals surface area contributed by atoms with Crippen molar-refractivity contribution in [1.29, 1.82) is 0 Å². The summed E-state index contributed by atoms with van der Waals surface area (Å²) >= 11 is 0. The van der Waals surface area contributed by atoms with Crippen molar-refractivity contribution in [2.75, 3.05) is 38.5 Å². The molecule has 8 nitrogen and oxygen atoms in total. The number of aryl methyl sites for hydroxylation is 2. The van der Waals surface area contributed by atoms with Crippen molar-refractivity contribution in [1.82, 2.24) is 19.0 Å². The number of aromatic nitrogens is 2. The predicted molar refractivity (Wildman–Crippen MR) is 112 cm³/mol. The van der Waals surface area contributed by atoms with Crippen LogP contribution in [0.2, 0.25) is 0 Å². The first-order valence-electron chi connectivity index (χ1n) is 9.76. The van der Waals surface area contributed by atoms with Crippen LogP contribution in [0.15, 0.2) is 29.2 Å². The van der Waals surface area contributed by atoms with Gasteiger partial charge in [0.15, 0.2) is 0 Å². The number of hydrogen-bond acceptors (Lipinski definition) is 5. The fourth-order valence-electron chi connectivity index (χ4n) is 3.55. The molecular formula is C20H29N5O3S. The Morgan fingerprint density at radius 3 is 2.45 bits per heavy atom. The summed E-state index contributed by atoms with van der Waals surface area (Å²) in [4.78, 5) is 14.7. The second-order valence-electron chi connectivity index (χ2n) is 7.56. The number of amides is 1. The smallest absolute Gasteiger partial charge is 0.243 e. The number of likely N-dealkylation sites (N-methyl/N-ethyl adjacent to an activating group) is 1. The third-order valence-corrected chi connectivity index (χ3v) is 7.37. The van der Waals surface area contributed by atoms with E-state index in [-0.39, 0.29) is 10.8 Å². The van der Waals surface area contributed by atoms with Crippen molar-refractivity contribution in [3.63, 3.8) is 0 Å². The van der Waals surface area contributed by atoms with Crippen LogP contribution >= 0.6 is 0 Å². The minimum absolute atomic E-state index is 0.151. The normalized spacial score (nSPS) is 16.1. The molecule has 158 valence electrons. The van der Waals surface area contributed by atoms with Crippen molar-refractivity contribution in [2.45, 2.75) is 31.6 Å². The molecule has 0 saturated carbocycles. The number of nitrogens with zero attached hydrogens (tertiary/aromatic N) is 4. The lowest BCUT2D eigenvalue weighted by Crippen LogP contribution is -2.47. The predicted octanol–water partition coefficient (Wildman–Crippen LogP) is 1.54. The Bertz CT molecular complexity index is 992. The van der Waals surface area contributed by atoms with Crippen LogP contribution in [0.4, 0.5) is 5.69 Å². The van der Waals surface area contributed by atoms with Gasteiger partial charge in [0.2, 0.25) is 15.9 Å². The largest absolute Gasteiger partial charge is 0.326 e. The summed E-state index contributed by atoms with van der Waals surface area (Å²) in [5.41, 5.74) is 3.55. The number of nitrogens with one attached hydrogen (secondary N) is 1. The second-order valence-corrected chi connectivity index (χ2v) is 9.49. The number of piperazine rings is 1. The van der Waals surface area contributed by atoms with Crippen molar-refractivity contribution in [3.8, 4) is 0 Å². The summed E-state index contributed by atoms with van der Waals surface area (Å²) < 4.78 is 29.1. The molecule has 1 amide bonds. The highest BCUT2D eigenvalue weighted by Gasteiger charge is 2.27. The number of anilines is 1. The van der Waals surface area contributed by atoms with Gasteiger partial charge in [-0.25, -0.2) is 8.42 Å². The molecular weight excluding hydrogens is 390 g/mol. The maximum atomic E-state index is 12.9. The third-order valence-electron chi connectivity index (χ3n) is 5.48. The van der Waals surface area contributed by atoms with Crippen LogP contribution in [0.25, 0.3) is 0 Å². The zero-order valence-electron chi connectivity index (χ0n) is 17.5. The van der Waals surface area contributed by atoms with Crippen LogP contribution in [-0.2, 0) is 28.3 Å². The van der Waals surface area contributed by atoms with E-state index in [2.05, 4.69) is 15.3 Å². The zero-order chi connectivity index (χ0) is 21.2. The van der Waals surface area contributed by atoms with Gasteiger partial charge in [-0.1, -0.05) is 6.07 Å². The van der Waals surface area contributed by atoms with Gasteiger partial charge >= 0.3 is 0 Å². The third kappa shape index (κ3) is 4.85. The first-order chi connectivity index (χ1) is 13.7. The number of benzene rings is 1. The number of carbonyl (C=O) groups is 1. The molecule has 1 aliphatic heterocycles. The Hall–Kier alpha value is -2.23. The summed E-state index contributed by atoms with van der Waals surface area (Å²) in [6.45, 7) is 6.29. The second kappa shape index (κ2) is 8.64. The minimum Gasteiger partial charge on any atom is -0.326 e. The summed E-state index contributed by atoms with van der Waals surface area (Å²) in [7, 11) is 0.305. The van der Waals surface area contributed by atoms with Gasteiger partial charge in [-0.2, -0.15) is 9.40 Å². The molecule has 2 heterocycles. The van der Waals surface area contributed by atoms with E-state index in [1.165, 1.54) is 10.4 Å².